The summed E-state index contributed by atoms with van der Waals surface area (Å²) in [5.74, 6) is -3.22. The number of allylic oxidation sites excluding steroid dienone is 1. The Balaban J connectivity index is 1.96. The lowest BCUT2D eigenvalue weighted by Gasteiger charge is -2.15. The number of thiocarbonyl (C=S) groups is 1. The Labute approximate surface area is 223 Å². The summed E-state index contributed by atoms with van der Waals surface area (Å²) >= 11 is 8.64. The van der Waals surface area contributed by atoms with Gasteiger partial charge in [-0.3, -0.25) is 28.6 Å². The van der Waals surface area contributed by atoms with Crippen molar-refractivity contribution < 1.29 is 24.6 Å². The van der Waals surface area contributed by atoms with E-state index in [1.165, 1.54) is 0 Å². The monoisotopic (exact) mass is 563 g/mol. The molecule has 0 aliphatic carbocycles. The normalized spacial score (nSPS) is 18.9. The number of aliphatic carboxylic acids is 2. The minimum absolute atomic E-state index is 0.0404. The predicted octanol–water partition coefficient (Wildman–Crippen LogP) is 1.94. The van der Waals surface area contributed by atoms with Crippen LogP contribution in [0, 0.1) is 5.92 Å². The summed E-state index contributed by atoms with van der Waals surface area (Å²) in [6.45, 7) is 2.61. The standard InChI is InChI=1S/C23H21N3O6S4/c1-11(2)12(8-15-24(3)13-6-4-5-7-14(13)34-15)18-20(31)25(9-16(27)28)22(35-18)19-21(32)26(10-17(29)30)23(33)36-19/h4-8,11H,9-10H2,1-3H3,(H,27,28)(H,29,30)/b15-8+,18-12-,22-19+. The van der Waals surface area contributed by atoms with E-state index in [2.05, 4.69) is 0 Å². The van der Waals surface area contributed by atoms with Crippen molar-refractivity contribution in [2.24, 2.45) is 5.92 Å². The van der Waals surface area contributed by atoms with E-state index in [4.69, 9.17) is 17.3 Å². The molecule has 2 aliphatic rings. The number of fused-ring (bicyclic) bond motifs is 1. The van der Waals surface area contributed by atoms with Crippen LogP contribution in [0.2, 0.25) is 0 Å². The average molecular weight is 564 g/mol. The number of para-hydroxylation sites is 1. The summed E-state index contributed by atoms with van der Waals surface area (Å²) in [6.07, 6.45) is 1.92. The Morgan fingerprint density at radius 1 is 1.08 bits per heavy atom. The number of thiazole rings is 1. The van der Waals surface area contributed by atoms with Gasteiger partial charge in [0.1, 0.15) is 27.0 Å². The van der Waals surface area contributed by atoms with Crippen LogP contribution in [0.4, 0.5) is 5.69 Å². The maximum absolute atomic E-state index is 13.5. The fourth-order valence-electron chi connectivity index (χ4n) is 3.71. The average Bonchev–Trinajstić information content (AvgIpc) is 3.39. The first kappa shape index (κ1) is 26.2. The lowest BCUT2D eigenvalue weighted by atomic mass is 10.0. The molecule has 1 amide bonds. The molecule has 1 fully saturated rings. The maximum Gasteiger partial charge on any atom is 0.323 e. The summed E-state index contributed by atoms with van der Waals surface area (Å²) in [7, 11) is 1.94. The zero-order valence-electron chi connectivity index (χ0n) is 19.4. The van der Waals surface area contributed by atoms with E-state index in [1.54, 1.807) is 11.8 Å². The molecule has 9 nitrogen and oxygen atoms in total. The molecule has 2 aromatic rings. The minimum Gasteiger partial charge on any atom is -0.480 e. The zero-order valence-corrected chi connectivity index (χ0v) is 22.6. The van der Waals surface area contributed by atoms with Crippen LogP contribution in [-0.2, 0) is 20.9 Å². The van der Waals surface area contributed by atoms with E-state index in [-0.39, 0.29) is 19.8 Å². The molecule has 2 aliphatic heterocycles. The molecule has 1 aromatic heterocycles. The third kappa shape index (κ3) is 4.88. The van der Waals surface area contributed by atoms with Crippen LogP contribution >= 0.6 is 47.1 Å². The molecule has 0 bridgehead atoms. The molecule has 3 heterocycles. The Morgan fingerprint density at radius 2 is 1.75 bits per heavy atom. The molecular formula is C23H21N3O6S4. The van der Waals surface area contributed by atoms with Gasteiger partial charge in [0, 0.05) is 11.9 Å². The van der Waals surface area contributed by atoms with Crippen molar-refractivity contribution >= 4 is 85.4 Å². The second-order valence-electron chi connectivity index (χ2n) is 8.22. The number of carboxylic acid groups (broad SMARTS) is 2. The molecule has 188 valence electrons. The van der Waals surface area contributed by atoms with E-state index in [1.807, 2.05) is 56.1 Å². The van der Waals surface area contributed by atoms with Crippen LogP contribution in [0.15, 0.2) is 45.1 Å². The molecule has 0 atom stereocenters. The second kappa shape index (κ2) is 10.2. The number of hydrogen-bond acceptors (Lipinski definition) is 9. The van der Waals surface area contributed by atoms with E-state index >= 15 is 0 Å². The largest absolute Gasteiger partial charge is 0.480 e. The lowest BCUT2D eigenvalue weighted by Crippen LogP contribution is -2.37. The van der Waals surface area contributed by atoms with Crippen molar-refractivity contribution in [3.05, 3.63) is 54.9 Å². The first-order valence-corrected chi connectivity index (χ1v) is 13.5. The number of rotatable bonds is 6. The molecule has 4 rings (SSSR count). The third-order valence-electron chi connectivity index (χ3n) is 5.45. The first-order chi connectivity index (χ1) is 17.0. The molecule has 1 aromatic carbocycles. The second-order valence-corrected chi connectivity index (χ2v) is 11.9. The smallest absolute Gasteiger partial charge is 0.323 e. The molecule has 13 heteroatoms. The molecule has 1 saturated heterocycles. The van der Waals surface area contributed by atoms with Crippen molar-refractivity contribution in [1.29, 1.82) is 0 Å². The SMILES string of the molecule is CC(C)C(/C=C1/Sc2ccccc2N1C)=c1\s/c(=C2/SC(=S)N(CC(=O)O)C2=O)n(CC(=O)O)c1=O. The van der Waals surface area contributed by atoms with Crippen molar-refractivity contribution in [2.45, 2.75) is 25.3 Å². The minimum atomic E-state index is -1.24. The number of carbonyl (C=O) groups is 3. The number of carboxylic acids is 2. The quantitative estimate of drug-likeness (QED) is 0.505. The Morgan fingerprint density at radius 3 is 2.36 bits per heavy atom. The maximum atomic E-state index is 13.5. The number of nitrogens with zero attached hydrogens (tertiary/aromatic N) is 3. The van der Waals surface area contributed by atoms with E-state index in [9.17, 15) is 24.3 Å². The zero-order chi connectivity index (χ0) is 26.3. The van der Waals surface area contributed by atoms with Gasteiger partial charge in [-0.25, -0.2) is 0 Å². The van der Waals surface area contributed by atoms with Crippen LogP contribution < -0.4 is 19.7 Å². The molecule has 36 heavy (non-hydrogen) atoms. The summed E-state index contributed by atoms with van der Waals surface area (Å²) < 4.78 is 1.56. The van der Waals surface area contributed by atoms with Crippen molar-refractivity contribution in [1.82, 2.24) is 9.47 Å². The van der Waals surface area contributed by atoms with Crippen LogP contribution in [0.25, 0.3) is 10.5 Å². The molecule has 2 N–H and O–H groups in total. The number of benzene rings is 1. The van der Waals surface area contributed by atoms with E-state index < -0.39 is 36.5 Å². The predicted molar refractivity (Wildman–Crippen MR) is 145 cm³/mol. The highest BCUT2D eigenvalue weighted by atomic mass is 32.2. The van der Waals surface area contributed by atoms with Gasteiger partial charge in [-0.05, 0) is 29.7 Å². The van der Waals surface area contributed by atoms with Crippen LogP contribution in [0.3, 0.4) is 0 Å². The first-order valence-electron chi connectivity index (χ1n) is 10.7. The number of hydrogen-bond donors (Lipinski definition) is 2. The van der Waals surface area contributed by atoms with Crippen molar-refractivity contribution in [2.75, 3.05) is 18.5 Å². The highest BCUT2D eigenvalue weighted by molar-refractivity contribution is 8.30. The van der Waals surface area contributed by atoms with Gasteiger partial charge in [-0.2, -0.15) is 0 Å². The lowest BCUT2D eigenvalue weighted by molar-refractivity contribution is -0.140. The summed E-state index contributed by atoms with van der Waals surface area (Å²) in [4.78, 5) is 53.4. The fourth-order valence-corrected chi connectivity index (χ4v) is 7.53. The molecule has 0 saturated carbocycles. The van der Waals surface area contributed by atoms with Crippen molar-refractivity contribution in [3.8, 4) is 0 Å². The van der Waals surface area contributed by atoms with Crippen molar-refractivity contribution in [3.63, 3.8) is 0 Å². The highest BCUT2D eigenvalue weighted by Crippen LogP contribution is 2.45. The number of amides is 1. The van der Waals surface area contributed by atoms with Crippen LogP contribution in [0.5, 0.6) is 0 Å². The molecular weight excluding hydrogens is 543 g/mol. The van der Waals surface area contributed by atoms with Gasteiger partial charge in [0.05, 0.1) is 15.2 Å². The van der Waals surface area contributed by atoms with Crippen LogP contribution in [0.1, 0.15) is 13.8 Å². The number of thioether (sulfide) groups is 2. The topological polar surface area (TPSA) is 120 Å². The third-order valence-corrected chi connectivity index (χ3v) is 9.41. The number of anilines is 1. The van der Waals surface area contributed by atoms with Gasteiger partial charge in [0.15, 0.2) is 0 Å². The summed E-state index contributed by atoms with van der Waals surface area (Å²) in [6, 6.07) is 7.93. The molecule has 0 unspecified atom stereocenters. The Bertz CT molecular complexity index is 1520. The van der Waals surface area contributed by atoms with Crippen LogP contribution in [-0.4, -0.2) is 55.4 Å². The molecule has 0 radical (unpaired) electrons. The van der Waals surface area contributed by atoms with E-state index in [0.717, 1.165) is 48.2 Å². The highest BCUT2D eigenvalue weighted by Gasteiger charge is 2.35. The number of carbonyl (C=O) groups excluding carboxylic acids is 1. The fraction of sp³-hybridized carbons (Fsp3) is 0.261. The van der Waals surface area contributed by atoms with Gasteiger partial charge in [0.2, 0.25) is 0 Å². The van der Waals surface area contributed by atoms with Gasteiger partial charge >= 0.3 is 11.9 Å². The Kier molecular flexibility index (Phi) is 7.46. The van der Waals surface area contributed by atoms with Gasteiger partial charge in [-0.1, -0.05) is 61.7 Å². The Hall–Kier alpha value is -2.87. The van der Waals surface area contributed by atoms with Gasteiger partial charge < -0.3 is 15.1 Å². The van der Waals surface area contributed by atoms with Gasteiger partial charge in [-0.15, -0.1) is 11.3 Å². The summed E-state index contributed by atoms with van der Waals surface area (Å²) in [5, 5.41) is 19.5. The number of aromatic nitrogens is 1. The van der Waals surface area contributed by atoms with E-state index in [0.29, 0.717) is 10.1 Å². The molecule has 0 spiro atoms. The summed E-state index contributed by atoms with van der Waals surface area (Å²) in [5.41, 5.74) is 1.23. The van der Waals surface area contributed by atoms with Gasteiger partial charge in [0.25, 0.3) is 11.5 Å².